The molecule has 0 bridgehead atoms. The lowest BCUT2D eigenvalue weighted by molar-refractivity contribution is 0.0699. The highest BCUT2D eigenvalue weighted by atomic mass is 16.4. The predicted octanol–water partition coefficient (Wildman–Crippen LogP) is 3.20. The number of nitrogens with one attached hydrogen (secondary N) is 1. The summed E-state index contributed by atoms with van der Waals surface area (Å²) in [7, 11) is 0. The first-order valence-corrected chi connectivity index (χ1v) is 7.20. The topological polar surface area (TPSA) is 99.5 Å². The summed E-state index contributed by atoms with van der Waals surface area (Å²) < 4.78 is 0. The Balaban J connectivity index is 2.02. The number of anilines is 1. The normalized spacial score (nSPS) is 10.5. The first-order valence-electron chi connectivity index (χ1n) is 7.20. The van der Waals surface area contributed by atoms with E-state index >= 15 is 0 Å². The number of amides is 1. The van der Waals surface area contributed by atoms with Crippen LogP contribution in [0, 0.1) is 6.92 Å². The smallest absolute Gasteiger partial charge is 0.336 e. The lowest BCUT2D eigenvalue weighted by Crippen LogP contribution is -2.14. The van der Waals surface area contributed by atoms with Crippen LogP contribution in [0.4, 0.5) is 5.69 Å². The molecule has 0 fully saturated rings. The molecular weight excluding hydrogens is 308 g/mol. The third kappa shape index (κ3) is 2.77. The highest BCUT2D eigenvalue weighted by molar-refractivity contribution is 6.08. The SMILES string of the molecule is Cc1ccccc1NC(=O)c1ccc2c(C(=O)O)ccc(O)c2n1. The number of benzene rings is 2. The summed E-state index contributed by atoms with van der Waals surface area (Å²) in [4.78, 5) is 27.7. The number of nitrogens with zero attached hydrogens (tertiary/aromatic N) is 1. The highest BCUT2D eigenvalue weighted by Crippen LogP contribution is 2.26. The number of fused-ring (bicyclic) bond motifs is 1. The number of hydrogen-bond acceptors (Lipinski definition) is 4. The summed E-state index contributed by atoms with van der Waals surface area (Å²) >= 11 is 0. The maximum atomic E-state index is 12.4. The van der Waals surface area contributed by atoms with Crippen molar-refractivity contribution in [3.05, 3.63) is 65.4 Å². The monoisotopic (exact) mass is 322 g/mol. The van der Waals surface area contributed by atoms with Gasteiger partial charge >= 0.3 is 5.97 Å². The van der Waals surface area contributed by atoms with Crippen molar-refractivity contribution in [2.75, 3.05) is 5.32 Å². The Morgan fingerprint density at radius 1 is 1.04 bits per heavy atom. The molecule has 1 amide bonds. The summed E-state index contributed by atoms with van der Waals surface area (Å²) in [5.41, 5.74) is 1.74. The van der Waals surface area contributed by atoms with Gasteiger partial charge in [-0.2, -0.15) is 0 Å². The van der Waals surface area contributed by atoms with Crippen LogP contribution in [-0.4, -0.2) is 27.1 Å². The zero-order valence-electron chi connectivity index (χ0n) is 12.8. The fourth-order valence-electron chi connectivity index (χ4n) is 2.42. The van der Waals surface area contributed by atoms with E-state index < -0.39 is 11.9 Å². The molecule has 120 valence electrons. The van der Waals surface area contributed by atoms with E-state index in [-0.39, 0.29) is 27.9 Å². The van der Waals surface area contributed by atoms with E-state index in [1.807, 2.05) is 19.1 Å². The Labute approximate surface area is 137 Å². The van der Waals surface area contributed by atoms with Gasteiger partial charge in [-0.25, -0.2) is 9.78 Å². The van der Waals surface area contributed by atoms with Crippen LogP contribution in [0.1, 0.15) is 26.4 Å². The second-order valence-corrected chi connectivity index (χ2v) is 5.30. The lowest BCUT2D eigenvalue weighted by Gasteiger charge is -2.09. The first kappa shape index (κ1) is 15.5. The number of aromatic hydroxyl groups is 1. The van der Waals surface area contributed by atoms with Crippen LogP contribution >= 0.6 is 0 Å². The van der Waals surface area contributed by atoms with Crippen LogP contribution in [0.5, 0.6) is 5.75 Å². The Morgan fingerprint density at radius 3 is 2.50 bits per heavy atom. The van der Waals surface area contributed by atoms with Gasteiger partial charge in [-0.15, -0.1) is 0 Å². The van der Waals surface area contributed by atoms with E-state index in [0.717, 1.165) is 5.56 Å². The van der Waals surface area contributed by atoms with E-state index in [1.54, 1.807) is 12.1 Å². The van der Waals surface area contributed by atoms with Crippen LogP contribution in [-0.2, 0) is 0 Å². The molecule has 0 saturated carbocycles. The number of para-hydroxylation sites is 1. The van der Waals surface area contributed by atoms with Crippen molar-refractivity contribution in [1.82, 2.24) is 4.98 Å². The molecule has 0 aliphatic rings. The van der Waals surface area contributed by atoms with Crippen molar-refractivity contribution in [2.24, 2.45) is 0 Å². The lowest BCUT2D eigenvalue weighted by atomic mass is 10.1. The Hall–Kier alpha value is -3.41. The molecule has 6 nitrogen and oxygen atoms in total. The molecule has 0 unspecified atom stereocenters. The minimum Gasteiger partial charge on any atom is -0.506 e. The number of aryl methyl sites for hydroxylation is 1. The molecule has 6 heteroatoms. The van der Waals surface area contributed by atoms with Gasteiger partial charge in [-0.3, -0.25) is 4.79 Å². The Kier molecular flexibility index (Phi) is 3.87. The average Bonchev–Trinajstić information content (AvgIpc) is 2.56. The van der Waals surface area contributed by atoms with E-state index in [9.17, 15) is 19.8 Å². The summed E-state index contributed by atoms with van der Waals surface area (Å²) in [6.07, 6.45) is 0. The van der Waals surface area contributed by atoms with Crippen LogP contribution in [0.25, 0.3) is 10.9 Å². The average molecular weight is 322 g/mol. The standard InChI is InChI=1S/C18H14N2O4/c1-10-4-2-3-5-13(10)20-17(22)14-8-6-11-12(18(23)24)7-9-15(21)16(11)19-14/h2-9,21H,1H3,(H,20,22)(H,23,24). The van der Waals surface area contributed by atoms with Gasteiger partial charge in [0.15, 0.2) is 0 Å². The number of carbonyl (C=O) groups is 2. The van der Waals surface area contributed by atoms with E-state index in [4.69, 9.17) is 0 Å². The van der Waals surface area contributed by atoms with Crippen molar-refractivity contribution in [3.8, 4) is 5.75 Å². The van der Waals surface area contributed by atoms with Crippen molar-refractivity contribution in [3.63, 3.8) is 0 Å². The molecule has 2 aromatic carbocycles. The zero-order chi connectivity index (χ0) is 17.3. The largest absolute Gasteiger partial charge is 0.506 e. The number of phenols is 1. The van der Waals surface area contributed by atoms with Gasteiger partial charge in [0.25, 0.3) is 5.91 Å². The summed E-state index contributed by atoms with van der Waals surface area (Å²) in [5, 5.41) is 22.1. The Bertz CT molecular complexity index is 966. The second kappa shape index (κ2) is 6.00. The molecular formula is C18H14N2O4. The quantitative estimate of drug-likeness (QED) is 0.687. The summed E-state index contributed by atoms with van der Waals surface area (Å²) in [6.45, 7) is 1.87. The molecule has 1 heterocycles. The Morgan fingerprint density at radius 2 is 1.79 bits per heavy atom. The third-order valence-corrected chi connectivity index (χ3v) is 3.69. The number of carbonyl (C=O) groups excluding carboxylic acids is 1. The predicted molar refractivity (Wildman–Crippen MR) is 89.5 cm³/mol. The molecule has 24 heavy (non-hydrogen) atoms. The van der Waals surface area contributed by atoms with Gasteiger partial charge in [0.1, 0.15) is 17.0 Å². The van der Waals surface area contributed by atoms with Gasteiger partial charge < -0.3 is 15.5 Å². The molecule has 3 aromatic rings. The van der Waals surface area contributed by atoms with Gasteiger partial charge in [-0.05, 0) is 42.8 Å². The molecule has 1 aromatic heterocycles. The van der Waals surface area contributed by atoms with Gasteiger partial charge in [0.05, 0.1) is 5.56 Å². The molecule has 0 atom stereocenters. The van der Waals surface area contributed by atoms with Crippen LogP contribution < -0.4 is 5.32 Å². The summed E-state index contributed by atoms with van der Waals surface area (Å²) in [6, 6.07) is 12.8. The fraction of sp³-hybridized carbons (Fsp3) is 0.0556. The van der Waals surface area contributed by atoms with Gasteiger partial charge in [0.2, 0.25) is 0 Å². The number of carboxylic acids is 1. The molecule has 3 rings (SSSR count). The maximum Gasteiger partial charge on any atom is 0.336 e. The zero-order valence-corrected chi connectivity index (χ0v) is 12.8. The fourth-order valence-corrected chi connectivity index (χ4v) is 2.42. The molecule has 3 N–H and O–H groups in total. The molecule has 0 spiro atoms. The minimum atomic E-state index is -1.13. The van der Waals surface area contributed by atoms with E-state index in [1.165, 1.54) is 24.3 Å². The number of rotatable bonds is 3. The van der Waals surface area contributed by atoms with Crippen molar-refractivity contribution in [2.45, 2.75) is 6.92 Å². The highest BCUT2D eigenvalue weighted by Gasteiger charge is 2.15. The number of phenolic OH excluding ortho intramolecular Hbond substituents is 1. The maximum absolute atomic E-state index is 12.4. The summed E-state index contributed by atoms with van der Waals surface area (Å²) in [5.74, 6) is -1.74. The van der Waals surface area contributed by atoms with E-state index in [2.05, 4.69) is 10.3 Å². The van der Waals surface area contributed by atoms with Crippen LogP contribution in [0.15, 0.2) is 48.5 Å². The van der Waals surface area contributed by atoms with Crippen LogP contribution in [0.3, 0.4) is 0 Å². The number of hydrogen-bond donors (Lipinski definition) is 3. The third-order valence-electron chi connectivity index (χ3n) is 3.69. The molecule has 0 radical (unpaired) electrons. The number of pyridine rings is 1. The van der Waals surface area contributed by atoms with Crippen molar-refractivity contribution >= 4 is 28.5 Å². The second-order valence-electron chi connectivity index (χ2n) is 5.30. The van der Waals surface area contributed by atoms with Gasteiger partial charge in [-0.1, -0.05) is 18.2 Å². The first-order chi connectivity index (χ1) is 11.5. The van der Waals surface area contributed by atoms with Crippen molar-refractivity contribution < 1.29 is 19.8 Å². The number of aromatic carboxylic acids is 1. The molecule has 0 aliphatic carbocycles. The molecule has 0 saturated heterocycles. The minimum absolute atomic E-state index is 0.0150. The number of aromatic nitrogens is 1. The number of carboxylic acid groups (broad SMARTS) is 1. The van der Waals surface area contributed by atoms with Gasteiger partial charge in [0, 0.05) is 11.1 Å². The van der Waals surface area contributed by atoms with Crippen LogP contribution in [0.2, 0.25) is 0 Å². The van der Waals surface area contributed by atoms with E-state index in [0.29, 0.717) is 5.69 Å². The molecule has 0 aliphatic heterocycles. The van der Waals surface area contributed by atoms with Crippen molar-refractivity contribution in [1.29, 1.82) is 0 Å².